The molecule has 90 valence electrons. The summed E-state index contributed by atoms with van der Waals surface area (Å²) in [5.41, 5.74) is -1.26. The predicted octanol–water partition coefficient (Wildman–Crippen LogP) is 0.814. The van der Waals surface area contributed by atoms with Gasteiger partial charge in [0.1, 0.15) is 10.6 Å². The van der Waals surface area contributed by atoms with Crippen molar-refractivity contribution >= 4 is 10.0 Å². The van der Waals surface area contributed by atoms with Crippen LogP contribution in [0.3, 0.4) is 0 Å². The van der Waals surface area contributed by atoms with Crippen LogP contribution in [0, 0.1) is 5.82 Å². The summed E-state index contributed by atoms with van der Waals surface area (Å²) in [5.74, 6) is -1.88. The van der Waals surface area contributed by atoms with Gasteiger partial charge in [-0.15, -0.1) is 0 Å². The molecule has 0 spiro atoms. The lowest BCUT2D eigenvalue weighted by molar-refractivity contribution is 0.140. The fraction of sp³-hybridized carbons (Fsp3) is 0.286. The summed E-state index contributed by atoms with van der Waals surface area (Å²) in [6.07, 6.45) is -3.28. The minimum Gasteiger partial charge on any atom is -0.481 e. The Balaban J connectivity index is 3.59. The normalized spacial score (nSPS) is 11.9. The Labute approximate surface area is 89.1 Å². The molecule has 1 aromatic rings. The topological polar surface area (TPSA) is 82.3 Å². The van der Waals surface area contributed by atoms with Gasteiger partial charge in [0.15, 0.2) is 5.82 Å². The van der Waals surface area contributed by atoms with Crippen molar-refractivity contribution in [1.29, 1.82) is 0 Å². The molecule has 0 aliphatic carbocycles. The van der Waals surface area contributed by atoms with Crippen LogP contribution in [0.5, 0.6) is 5.88 Å². The number of nitrogens with two attached hydrogens (primary N) is 1. The quantitative estimate of drug-likeness (QED) is 0.867. The van der Waals surface area contributed by atoms with Crippen LogP contribution in [-0.4, -0.2) is 20.5 Å². The highest BCUT2D eigenvalue weighted by Gasteiger charge is 2.27. The van der Waals surface area contributed by atoms with Crippen LogP contribution in [-0.2, 0) is 10.0 Å². The zero-order valence-electron chi connectivity index (χ0n) is 7.95. The molecule has 1 aromatic heterocycles. The molecule has 0 aliphatic rings. The maximum atomic E-state index is 13.2. The van der Waals surface area contributed by atoms with E-state index in [-0.39, 0.29) is 0 Å². The summed E-state index contributed by atoms with van der Waals surface area (Å²) in [7, 11) is -3.53. The van der Waals surface area contributed by atoms with Crippen LogP contribution in [0.2, 0.25) is 0 Å². The highest BCUT2D eigenvalue weighted by atomic mass is 32.2. The van der Waals surface area contributed by atoms with Crippen LogP contribution < -0.4 is 9.88 Å². The number of primary sulfonamides is 1. The van der Waals surface area contributed by atoms with Crippen molar-refractivity contribution in [2.45, 2.75) is 11.3 Å². The Kier molecular flexibility index (Phi) is 3.38. The Morgan fingerprint density at radius 1 is 1.50 bits per heavy atom. The summed E-state index contributed by atoms with van der Waals surface area (Å²) < 4.78 is 64.4. The van der Waals surface area contributed by atoms with E-state index in [1.807, 2.05) is 0 Å². The molecule has 1 heterocycles. The Morgan fingerprint density at radius 3 is 2.44 bits per heavy atom. The summed E-state index contributed by atoms with van der Waals surface area (Å²) in [6.45, 7) is 0. The molecule has 0 radical (unpaired) electrons. The van der Waals surface area contributed by atoms with Gasteiger partial charge in [-0.3, -0.25) is 0 Å². The Hall–Kier alpha value is -1.35. The number of alkyl halides is 2. The largest absolute Gasteiger partial charge is 0.481 e. The predicted molar refractivity (Wildman–Crippen MR) is 47.1 cm³/mol. The van der Waals surface area contributed by atoms with Gasteiger partial charge < -0.3 is 4.74 Å². The van der Waals surface area contributed by atoms with E-state index in [0.29, 0.717) is 6.07 Å². The van der Waals surface area contributed by atoms with Gasteiger partial charge in [-0.1, -0.05) is 0 Å². The number of rotatable bonds is 3. The maximum Gasteiger partial charge on any atom is 0.281 e. The summed E-state index contributed by atoms with van der Waals surface area (Å²) >= 11 is 0. The van der Waals surface area contributed by atoms with Crippen molar-refractivity contribution in [3.63, 3.8) is 0 Å². The number of nitrogens with zero attached hydrogens (tertiary/aromatic N) is 1. The second-order valence-corrected chi connectivity index (χ2v) is 4.20. The van der Waals surface area contributed by atoms with Crippen LogP contribution in [0.25, 0.3) is 0 Å². The molecular formula is C7H7F3N2O3S. The van der Waals surface area contributed by atoms with E-state index in [1.54, 1.807) is 0 Å². The molecule has 9 heteroatoms. The van der Waals surface area contributed by atoms with E-state index >= 15 is 0 Å². The molecule has 0 aliphatic heterocycles. The minimum absolute atomic E-state index is 0.458. The van der Waals surface area contributed by atoms with E-state index in [2.05, 4.69) is 14.9 Å². The van der Waals surface area contributed by atoms with Gasteiger partial charge in [0, 0.05) is 6.07 Å². The number of methoxy groups -OCH3 is 1. The number of pyridine rings is 1. The van der Waals surface area contributed by atoms with Gasteiger partial charge in [0.25, 0.3) is 6.43 Å². The third-order valence-corrected chi connectivity index (χ3v) is 2.60. The van der Waals surface area contributed by atoms with Gasteiger partial charge in [-0.25, -0.2) is 31.7 Å². The first-order valence-electron chi connectivity index (χ1n) is 3.82. The molecule has 0 saturated carbocycles. The van der Waals surface area contributed by atoms with Gasteiger partial charge in [0.05, 0.1) is 7.11 Å². The zero-order chi connectivity index (χ0) is 12.5. The number of ether oxygens (including phenoxy) is 1. The SMILES string of the molecule is COc1cc(F)c(S(N)(=O)=O)c(C(F)F)n1. The number of hydrogen-bond acceptors (Lipinski definition) is 4. The van der Waals surface area contributed by atoms with Crippen LogP contribution in [0.4, 0.5) is 13.2 Å². The molecular weight excluding hydrogens is 249 g/mol. The summed E-state index contributed by atoms with van der Waals surface area (Å²) in [5, 5.41) is 4.61. The molecule has 16 heavy (non-hydrogen) atoms. The van der Waals surface area contributed by atoms with Gasteiger partial charge in [0.2, 0.25) is 15.9 Å². The molecule has 2 N–H and O–H groups in total. The number of aromatic nitrogens is 1. The lowest BCUT2D eigenvalue weighted by Crippen LogP contribution is -2.18. The molecule has 0 saturated heterocycles. The van der Waals surface area contributed by atoms with Gasteiger partial charge >= 0.3 is 0 Å². The molecule has 5 nitrogen and oxygen atoms in total. The monoisotopic (exact) mass is 256 g/mol. The fourth-order valence-electron chi connectivity index (χ4n) is 1.03. The number of hydrogen-bond donors (Lipinski definition) is 1. The van der Waals surface area contributed by atoms with Crippen LogP contribution in [0.15, 0.2) is 11.0 Å². The van der Waals surface area contributed by atoms with Crippen molar-refractivity contribution in [2.24, 2.45) is 5.14 Å². The molecule has 1 rings (SSSR count). The molecule has 0 unspecified atom stereocenters. The first-order valence-corrected chi connectivity index (χ1v) is 5.37. The van der Waals surface area contributed by atoms with Crippen molar-refractivity contribution in [1.82, 2.24) is 4.98 Å². The average Bonchev–Trinajstić information content (AvgIpc) is 2.14. The van der Waals surface area contributed by atoms with E-state index in [0.717, 1.165) is 7.11 Å². The maximum absolute atomic E-state index is 13.2. The molecule has 0 fully saturated rings. The summed E-state index contributed by atoms with van der Waals surface area (Å²) in [6, 6.07) is 0.561. The highest BCUT2D eigenvalue weighted by molar-refractivity contribution is 7.89. The van der Waals surface area contributed by atoms with E-state index in [4.69, 9.17) is 0 Å². The Morgan fingerprint density at radius 2 is 2.06 bits per heavy atom. The van der Waals surface area contributed by atoms with Gasteiger partial charge in [-0.2, -0.15) is 0 Å². The Bertz CT molecular complexity index is 504. The smallest absolute Gasteiger partial charge is 0.281 e. The summed E-state index contributed by atoms with van der Waals surface area (Å²) in [4.78, 5) is 1.83. The lowest BCUT2D eigenvalue weighted by atomic mass is 10.3. The van der Waals surface area contributed by atoms with Gasteiger partial charge in [-0.05, 0) is 0 Å². The first kappa shape index (κ1) is 12.7. The second-order valence-electron chi connectivity index (χ2n) is 2.71. The number of sulfonamides is 1. The van der Waals surface area contributed by atoms with E-state index in [1.165, 1.54) is 0 Å². The first-order chi connectivity index (χ1) is 7.27. The van der Waals surface area contributed by atoms with Crippen molar-refractivity contribution < 1.29 is 26.3 Å². The fourth-order valence-corrected chi connectivity index (χ4v) is 1.79. The van der Waals surface area contributed by atoms with Crippen molar-refractivity contribution in [2.75, 3.05) is 7.11 Å². The average molecular weight is 256 g/mol. The molecule has 0 bridgehead atoms. The van der Waals surface area contributed by atoms with Crippen LogP contribution >= 0.6 is 0 Å². The highest BCUT2D eigenvalue weighted by Crippen LogP contribution is 2.28. The standard InChI is InChI=1S/C7H7F3N2O3S/c1-15-4-2-3(8)6(16(11,13)14)5(12-4)7(9)10/h2,7H,1H3,(H2,11,13,14). The van der Waals surface area contributed by atoms with E-state index < -0.39 is 38.7 Å². The number of halogens is 3. The zero-order valence-corrected chi connectivity index (χ0v) is 8.76. The molecule has 0 aromatic carbocycles. The third-order valence-electron chi connectivity index (χ3n) is 1.63. The lowest BCUT2D eigenvalue weighted by Gasteiger charge is -2.08. The third kappa shape index (κ3) is 2.42. The van der Waals surface area contributed by atoms with Crippen molar-refractivity contribution in [3.05, 3.63) is 17.6 Å². The molecule has 0 atom stereocenters. The minimum atomic E-state index is -4.61. The second kappa shape index (κ2) is 4.26. The van der Waals surface area contributed by atoms with Crippen LogP contribution in [0.1, 0.15) is 12.1 Å². The molecule has 0 amide bonds. The van der Waals surface area contributed by atoms with E-state index in [9.17, 15) is 21.6 Å². The van der Waals surface area contributed by atoms with Crippen molar-refractivity contribution in [3.8, 4) is 5.88 Å².